The predicted octanol–water partition coefficient (Wildman–Crippen LogP) is 4.01. The summed E-state index contributed by atoms with van der Waals surface area (Å²) in [5, 5.41) is 0. The molecule has 114 valence electrons. The van der Waals surface area contributed by atoms with E-state index in [0.29, 0.717) is 5.92 Å². The first-order valence-corrected chi connectivity index (χ1v) is 7.15. The maximum atomic E-state index is 6.51. The van der Waals surface area contributed by atoms with Crippen molar-refractivity contribution in [2.75, 3.05) is 14.2 Å². The summed E-state index contributed by atoms with van der Waals surface area (Å²) in [6.07, 6.45) is 6.33. The molecule has 1 atom stereocenters. The molecule has 0 heterocycles. The van der Waals surface area contributed by atoms with Gasteiger partial charge in [0.25, 0.3) is 0 Å². The van der Waals surface area contributed by atoms with Crippen LogP contribution in [0.2, 0.25) is 0 Å². The van der Waals surface area contributed by atoms with Crippen LogP contribution in [0, 0.1) is 12.8 Å². The number of ether oxygens (including phenoxy) is 2. The van der Waals surface area contributed by atoms with Crippen LogP contribution in [-0.2, 0) is 0 Å². The normalized spacial score (nSPS) is 17.2. The zero-order chi connectivity index (χ0) is 13.8. The van der Waals surface area contributed by atoms with E-state index in [0.717, 1.165) is 22.6 Å². The number of aryl methyl sites for hydroxylation is 1. The first-order chi connectivity index (χ1) is 9.17. The second kappa shape index (κ2) is 7.75. The van der Waals surface area contributed by atoms with Crippen molar-refractivity contribution in [1.82, 2.24) is 0 Å². The molecule has 2 N–H and O–H groups in total. The first-order valence-electron chi connectivity index (χ1n) is 7.15. The van der Waals surface area contributed by atoms with Gasteiger partial charge in [-0.15, -0.1) is 12.4 Å². The van der Waals surface area contributed by atoms with Gasteiger partial charge in [-0.2, -0.15) is 0 Å². The van der Waals surface area contributed by atoms with Gasteiger partial charge in [0.15, 0.2) is 0 Å². The van der Waals surface area contributed by atoms with Crippen LogP contribution in [0.1, 0.15) is 49.3 Å². The number of benzene rings is 1. The third-order valence-electron chi connectivity index (χ3n) is 4.18. The van der Waals surface area contributed by atoms with Gasteiger partial charge in [0.2, 0.25) is 0 Å². The van der Waals surface area contributed by atoms with Crippen molar-refractivity contribution in [3.05, 3.63) is 23.3 Å². The fraction of sp³-hybridized carbons (Fsp3) is 0.625. The van der Waals surface area contributed by atoms with Crippen LogP contribution in [0.5, 0.6) is 11.5 Å². The fourth-order valence-electron chi connectivity index (χ4n) is 3.13. The molecule has 0 amide bonds. The van der Waals surface area contributed by atoms with Crippen LogP contribution in [0.3, 0.4) is 0 Å². The largest absolute Gasteiger partial charge is 0.496 e. The standard InChI is InChI=1S/C16H25NO2.ClH/c1-11-9-13(18-2)15(14(10-11)19-3)16(17)12-7-5-4-6-8-12;/h9-10,12,16H,4-8,17H2,1-3H3;1H/t16-;/m1./s1. The Hall–Kier alpha value is -0.930. The van der Waals surface area contributed by atoms with Crippen LogP contribution in [-0.4, -0.2) is 14.2 Å². The van der Waals surface area contributed by atoms with E-state index in [9.17, 15) is 0 Å². The van der Waals surface area contributed by atoms with Gasteiger partial charge in [-0.1, -0.05) is 19.3 Å². The van der Waals surface area contributed by atoms with Crippen LogP contribution in [0.25, 0.3) is 0 Å². The van der Waals surface area contributed by atoms with Crippen LogP contribution >= 0.6 is 12.4 Å². The van der Waals surface area contributed by atoms with E-state index < -0.39 is 0 Å². The SMILES string of the molecule is COc1cc(C)cc(OC)c1[C@H](N)C1CCCCC1.Cl. The Morgan fingerprint density at radius 3 is 2.00 bits per heavy atom. The Morgan fingerprint density at radius 1 is 1.05 bits per heavy atom. The smallest absolute Gasteiger partial charge is 0.127 e. The molecule has 0 spiro atoms. The van der Waals surface area contributed by atoms with Crippen molar-refractivity contribution in [3.8, 4) is 11.5 Å². The second-order valence-electron chi connectivity index (χ2n) is 5.51. The van der Waals surface area contributed by atoms with Gasteiger partial charge in [0.05, 0.1) is 19.8 Å². The van der Waals surface area contributed by atoms with E-state index in [1.54, 1.807) is 14.2 Å². The van der Waals surface area contributed by atoms with Gasteiger partial charge in [-0.05, 0) is 43.4 Å². The summed E-state index contributed by atoms with van der Waals surface area (Å²) in [7, 11) is 3.40. The molecule has 3 nitrogen and oxygen atoms in total. The quantitative estimate of drug-likeness (QED) is 0.913. The first kappa shape index (κ1) is 17.1. The number of hydrogen-bond donors (Lipinski definition) is 1. The Kier molecular flexibility index (Phi) is 6.63. The number of hydrogen-bond acceptors (Lipinski definition) is 3. The average molecular weight is 300 g/mol. The predicted molar refractivity (Wildman–Crippen MR) is 85.0 cm³/mol. The number of methoxy groups -OCH3 is 2. The Balaban J connectivity index is 0.00000200. The van der Waals surface area contributed by atoms with E-state index in [1.807, 2.05) is 19.1 Å². The lowest BCUT2D eigenvalue weighted by molar-refractivity contribution is 0.292. The summed E-state index contributed by atoms with van der Waals surface area (Å²) in [6.45, 7) is 2.04. The van der Waals surface area contributed by atoms with E-state index in [2.05, 4.69) is 0 Å². The lowest BCUT2D eigenvalue weighted by Crippen LogP contribution is -2.24. The van der Waals surface area contributed by atoms with Crippen LogP contribution < -0.4 is 15.2 Å². The van der Waals surface area contributed by atoms with Gasteiger partial charge >= 0.3 is 0 Å². The number of rotatable bonds is 4. The molecular formula is C16H26ClNO2. The zero-order valence-electron chi connectivity index (χ0n) is 12.6. The summed E-state index contributed by atoms with van der Waals surface area (Å²) in [5.74, 6) is 2.25. The van der Waals surface area contributed by atoms with Gasteiger partial charge in [0, 0.05) is 6.04 Å². The molecule has 1 aromatic carbocycles. The molecule has 2 rings (SSSR count). The summed E-state index contributed by atoms with van der Waals surface area (Å²) in [5.41, 5.74) is 8.68. The van der Waals surface area contributed by atoms with Crippen molar-refractivity contribution < 1.29 is 9.47 Å². The van der Waals surface area contributed by atoms with Crippen LogP contribution in [0.4, 0.5) is 0 Å². The summed E-state index contributed by atoms with van der Waals surface area (Å²) >= 11 is 0. The third-order valence-corrected chi connectivity index (χ3v) is 4.18. The highest BCUT2D eigenvalue weighted by atomic mass is 35.5. The Morgan fingerprint density at radius 2 is 1.55 bits per heavy atom. The number of nitrogens with two attached hydrogens (primary N) is 1. The average Bonchev–Trinajstić information content (AvgIpc) is 2.46. The molecule has 0 bridgehead atoms. The van der Waals surface area contributed by atoms with Crippen molar-refractivity contribution >= 4 is 12.4 Å². The van der Waals surface area contributed by atoms with E-state index in [4.69, 9.17) is 15.2 Å². The number of halogens is 1. The molecule has 0 aliphatic heterocycles. The van der Waals surface area contributed by atoms with Gasteiger partial charge in [0.1, 0.15) is 11.5 Å². The van der Waals surface area contributed by atoms with Gasteiger partial charge < -0.3 is 15.2 Å². The minimum absolute atomic E-state index is 0. The molecule has 1 fully saturated rings. The fourth-order valence-corrected chi connectivity index (χ4v) is 3.13. The molecule has 4 heteroatoms. The monoisotopic (exact) mass is 299 g/mol. The summed E-state index contributed by atoms with van der Waals surface area (Å²) in [4.78, 5) is 0. The molecule has 20 heavy (non-hydrogen) atoms. The maximum Gasteiger partial charge on any atom is 0.127 e. The minimum Gasteiger partial charge on any atom is -0.496 e. The molecule has 0 radical (unpaired) electrons. The maximum absolute atomic E-state index is 6.51. The van der Waals surface area contributed by atoms with E-state index >= 15 is 0 Å². The highest BCUT2D eigenvalue weighted by molar-refractivity contribution is 5.85. The summed E-state index contributed by atoms with van der Waals surface area (Å²) < 4.78 is 11.0. The van der Waals surface area contributed by atoms with Crippen molar-refractivity contribution in [2.45, 2.75) is 45.1 Å². The minimum atomic E-state index is 0. The third kappa shape index (κ3) is 3.58. The summed E-state index contributed by atoms with van der Waals surface area (Å²) in [6, 6.07) is 4.09. The zero-order valence-corrected chi connectivity index (χ0v) is 13.5. The van der Waals surface area contributed by atoms with Gasteiger partial charge in [-0.25, -0.2) is 0 Å². The molecule has 0 saturated heterocycles. The van der Waals surface area contributed by atoms with E-state index in [-0.39, 0.29) is 18.4 Å². The molecule has 1 aliphatic rings. The Labute approximate surface area is 128 Å². The van der Waals surface area contributed by atoms with Crippen molar-refractivity contribution in [1.29, 1.82) is 0 Å². The lowest BCUT2D eigenvalue weighted by Gasteiger charge is -2.29. The molecule has 1 aliphatic carbocycles. The highest BCUT2D eigenvalue weighted by Crippen LogP contribution is 2.41. The van der Waals surface area contributed by atoms with Crippen LogP contribution in [0.15, 0.2) is 12.1 Å². The van der Waals surface area contributed by atoms with Gasteiger partial charge in [-0.3, -0.25) is 0 Å². The van der Waals surface area contributed by atoms with Crippen molar-refractivity contribution in [3.63, 3.8) is 0 Å². The van der Waals surface area contributed by atoms with E-state index in [1.165, 1.54) is 32.1 Å². The van der Waals surface area contributed by atoms with Crippen molar-refractivity contribution in [2.24, 2.45) is 11.7 Å². The Bertz CT molecular complexity index is 405. The lowest BCUT2D eigenvalue weighted by atomic mass is 9.81. The highest BCUT2D eigenvalue weighted by Gasteiger charge is 2.27. The molecule has 0 unspecified atom stereocenters. The molecule has 1 aromatic rings. The second-order valence-corrected chi connectivity index (χ2v) is 5.51. The molecule has 0 aromatic heterocycles. The topological polar surface area (TPSA) is 44.5 Å². The molecule has 1 saturated carbocycles. The molecular weight excluding hydrogens is 274 g/mol.